The largest absolute Gasteiger partial charge is 0.481 e. The number of oxime groups is 1. The summed E-state index contributed by atoms with van der Waals surface area (Å²) in [5.41, 5.74) is 3.00. The average molecular weight is 246 g/mol. The van der Waals surface area contributed by atoms with Crippen LogP contribution in [0.5, 0.6) is 0 Å². The first kappa shape index (κ1) is 12.2. The molecule has 1 aromatic heterocycles. The van der Waals surface area contributed by atoms with Crippen LogP contribution in [0.2, 0.25) is 0 Å². The summed E-state index contributed by atoms with van der Waals surface area (Å²) in [5.74, 6) is -0.909. The van der Waals surface area contributed by atoms with E-state index >= 15 is 0 Å². The summed E-state index contributed by atoms with van der Waals surface area (Å²) >= 11 is 0. The molecule has 0 amide bonds. The smallest absolute Gasteiger partial charge is 0.303 e. The van der Waals surface area contributed by atoms with Gasteiger partial charge in [-0.2, -0.15) is 0 Å². The summed E-state index contributed by atoms with van der Waals surface area (Å²) in [6.07, 6.45) is 0.146. The molecular formula is C13H14N2O3. The summed E-state index contributed by atoms with van der Waals surface area (Å²) in [7, 11) is 0. The van der Waals surface area contributed by atoms with Crippen molar-refractivity contribution in [2.45, 2.75) is 19.8 Å². The third kappa shape index (κ3) is 2.20. The topological polar surface area (TPSA) is 85.7 Å². The van der Waals surface area contributed by atoms with E-state index in [0.29, 0.717) is 5.71 Å². The second kappa shape index (κ2) is 4.91. The van der Waals surface area contributed by atoms with Crippen LogP contribution in [-0.4, -0.2) is 27.0 Å². The maximum Gasteiger partial charge on any atom is 0.303 e. The third-order valence-corrected chi connectivity index (χ3v) is 2.88. The van der Waals surface area contributed by atoms with E-state index in [1.54, 1.807) is 0 Å². The van der Waals surface area contributed by atoms with Crippen molar-refractivity contribution in [2.24, 2.45) is 5.16 Å². The molecule has 94 valence electrons. The number of hydrogen-bond donors (Lipinski definition) is 3. The molecule has 0 atom stereocenters. The molecule has 5 heteroatoms. The molecule has 0 radical (unpaired) electrons. The average Bonchev–Trinajstić information content (AvgIpc) is 2.67. The minimum atomic E-state index is -0.909. The number of carboxylic acid groups (broad SMARTS) is 1. The van der Waals surface area contributed by atoms with Gasteiger partial charge in [-0.3, -0.25) is 4.79 Å². The monoisotopic (exact) mass is 246 g/mol. The minimum absolute atomic E-state index is 0.0572. The Bertz CT molecular complexity index is 614. The second-order valence-electron chi connectivity index (χ2n) is 4.11. The number of fused-ring (bicyclic) bond motifs is 1. The molecule has 0 spiro atoms. The fraction of sp³-hybridized carbons (Fsp3) is 0.231. The standard InChI is InChI=1S/C13H14N2O3/c1-8-13(11(15-18)6-7-12(16)17)9-4-2-3-5-10(9)14-8/h2-5,14,18H,6-7H2,1H3,(H,16,17)/b15-11-. The number of rotatable bonds is 4. The van der Waals surface area contributed by atoms with Crippen LogP contribution < -0.4 is 0 Å². The number of benzene rings is 1. The number of nitrogens with one attached hydrogen (secondary N) is 1. The van der Waals surface area contributed by atoms with Crippen LogP contribution in [0.3, 0.4) is 0 Å². The zero-order valence-electron chi connectivity index (χ0n) is 9.97. The van der Waals surface area contributed by atoms with Crippen LogP contribution >= 0.6 is 0 Å². The van der Waals surface area contributed by atoms with Crippen molar-refractivity contribution in [1.82, 2.24) is 4.98 Å². The van der Waals surface area contributed by atoms with Crippen molar-refractivity contribution >= 4 is 22.6 Å². The van der Waals surface area contributed by atoms with Gasteiger partial charge in [0.2, 0.25) is 0 Å². The van der Waals surface area contributed by atoms with Gasteiger partial charge in [-0.05, 0) is 13.0 Å². The molecule has 0 unspecified atom stereocenters. The lowest BCUT2D eigenvalue weighted by atomic mass is 10.0. The molecule has 0 bridgehead atoms. The summed E-state index contributed by atoms with van der Waals surface area (Å²) in [4.78, 5) is 13.8. The SMILES string of the molecule is Cc1[nH]c2ccccc2c1/C(CCC(=O)O)=N\O. The molecule has 3 N–H and O–H groups in total. The Morgan fingerprint density at radius 2 is 2.06 bits per heavy atom. The summed E-state index contributed by atoms with van der Waals surface area (Å²) < 4.78 is 0. The molecule has 5 nitrogen and oxygen atoms in total. The number of carbonyl (C=O) groups is 1. The molecule has 1 heterocycles. The number of aliphatic carboxylic acids is 1. The van der Waals surface area contributed by atoms with E-state index in [1.807, 2.05) is 31.2 Å². The number of carboxylic acids is 1. The lowest BCUT2D eigenvalue weighted by Crippen LogP contribution is -2.06. The van der Waals surface area contributed by atoms with Gasteiger partial charge in [0, 0.05) is 28.6 Å². The third-order valence-electron chi connectivity index (χ3n) is 2.88. The van der Waals surface area contributed by atoms with Crippen LogP contribution in [-0.2, 0) is 4.79 Å². The van der Waals surface area contributed by atoms with Gasteiger partial charge >= 0.3 is 5.97 Å². The number of aromatic nitrogens is 1. The molecular weight excluding hydrogens is 232 g/mol. The van der Waals surface area contributed by atoms with Gasteiger partial charge < -0.3 is 15.3 Å². The molecule has 2 rings (SSSR count). The fourth-order valence-electron chi connectivity index (χ4n) is 2.10. The Morgan fingerprint density at radius 3 is 2.72 bits per heavy atom. The van der Waals surface area contributed by atoms with Gasteiger partial charge in [-0.15, -0.1) is 0 Å². The predicted molar refractivity (Wildman–Crippen MR) is 68.2 cm³/mol. The van der Waals surface area contributed by atoms with Crippen LogP contribution in [0.25, 0.3) is 10.9 Å². The van der Waals surface area contributed by atoms with E-state index in [4.69, 9.17) is 10.3 Å². The maximum atomic E-state index is 10.6. The summed E-state index contributed by atoms with van der Waals surface area (Å²) in [6, 6.07) is 7.65. The lowest BCUT2D eigenvalue weighted by Gasteiger charge is -2.03. The van der Waals surface area contributed by atoms with Crippen molar-refractivity contribution in [3.63, 3.8) is 0 Å². The van der Waals surface area contributed by atoms with E-state index in [9.17, 15) is 4.79 Å². The van der Waals surface area contributed by atoms with Gasteiger partial charge in [0.15, 0.2) is 0 Å². The maximum absolute atomic E-state index is 10.6. The Kier molecular flexibility index (Phi) is 3.32. The van der Waals surface area contributed by atoms with E-state index in [-0.39, 0.29) is 12.8 Å². The number of aromatic amines is 1. The second-order valence-corrected chi connectivity index (χ2v) is 4.11. The number of H-pyrrole nitrogens is 1. The molecule has 0 aliphatic rings. The Hall–Kier alpha value is -2.30. The lowest BCUT2D eigenvalue weighted by molar-refractivity contribution is -0.136. The van der Waals surface area contributed by atoms with Crippen molar-refractivity contribution in [3.05, 3.63) is 35.5 Å². The first-order valence-corrected chi connectivity index (χ1v) is 5.64. The molecule has 0 aliphatic carbocycles. The minimum Gasteiger partial charge on any atom is -0.481 e. The van der Waals surface area contributed by atoms with E-state index < -0.39 is 5.97 Å². The van der Waals surface area contributed by atoms with Crippen molar-refractivity contribution < 1.29 is 15.1 Å². The summed E-state index contributed by atoms with van der Waals surface area (Å²) in [5, 5.41) is 22.0. The number of nitrogens with zero attached hydrogens (tertiary/aromatic N) is 1. The zero-order valence-corrected chi connectivity index (χ0v) is 9.97. The molecule has 0 aliphatic heterocycles. The molecule has 0 fully saturated rings. The van der Waals surface area contributed by atoms with Gasteiger partial charge in [-0.25, -0.2) is 0 Å². The molecule has 18 heavy (non-hydrogen) atoms. The quantitative estimate of drug-likeness (QED) is 0.440. The first-order valence-electron chi connectivity index (χ1n) is 5.64. The van der Waals surface area contributed by atoms with Gasteiger partial charge in [0.05, 0.1) is 12.1 Å². The van der Waals surface area contributed by atoms with Gasteiger partial charge in [-0.1, -0.05) is 23.4 Å². The Labute approximate surface area is 104 Å². The normalized spacial score (nSPS) is 11.9. The van der Waals surface area contributed by atoms with Crippen molar-refractivity contribution in [1.29, 1.82) is 0 Å². The summed E-state index contributed by atoms with van der Waals surface area (Å²) in [6.45, 7) is 1.88. The predicted octanol–water partition coefficient (Wildman–Crippen LogP) is 2.52. The Balaban J connectivity index is 2.45. The number of para-hydroxylation sites is 1. The van der Waals surface area contributed by atoms with Crippen LogP contribution in [0, 0.1) is 6.92 Å². The van der Waals surface area contributed by atoms with Crippen LogP contribution in [0.15, 0.2) is 29.4 Å². The van der Waals surface area contributed by atoms with Crippen molar-refractivity contribution in [3.8, 4) is 0 Å². The highest BCUT2D eigenvalue weighted by atomic mass is 16.4. The van der Waals surface area contributed by atoms with E-state index in [0.717, 1.165) is 22.2 Å². The van der Waals surface area contributed by atoms with E-state index in [2.05, 4.69) is 10.1 Å². The zero-order chi connectivity index (χ0) is 13.1. The number of hydrogen-bond acceptors (Lipinski definition) is 3. The first-order chi connectivity index (χ1) is 8.63. The Morgan fingerprint density at radius 1 is 1.33 bits per heavy atom. The molecule has 2 aromatic rings. The molecule has 0 saturated carbocycles. The molecule has 1 aromatic carbocycles. The van der Waals surface area contributed by atoms with E-state index in [1.165, 1.54) is 0 Å². The van der Waals surface area contributed by atoms with Crippen molar-refractivity contribution in [2.75, 3.05) is 0 Å². The highest BCUT2D eigenvalue weighted by Gasteiger charge is 2.15. The number of aryl methyl sites for hydroxylation is 1. The fourth-order valence-corrected chi connectivity index (χ4v) is 2.10. The van der Waals surface area contributed by atoms with Gasteiger partial charge in [0.25, 0.3) is 0 Å². The molecule has 0 saturated heterocycles. The van der Waals surface area contributed by atoms with Gasteiger partial charge in [0.1, 0.15) is 0 Å². The highest BCUT2D eigenvalue weighted by molar-refractivity contribution is 6.12. The highest BCUT2D eigenvalue weighted by Crippen LogP contribution is 2.24. The van der Waals surface area contributed by atoms with Crippen LogP contribution in [0.1, 0.15) is 24.1 Å². The van der Waals surface area contributed by atoms with Crippen LogP contribution in [0.4, 0.5) is 0 Å².